The number of carbonyl (C=O) groups is 2. The van der Waals surface area contributed by atoms with Crippen LogP contribution in [-0.2, 0) is 14.3 Å². The van der Waals surface area contributed by atoms with Crippen LogP contribution in [0.25, 0.3) is 5.57 Å². The smallest absolute Gasteiger partial charge is 0.496 e. The van der Waals surface area contributed by atoms with E-state index in [1.165, 1.54) is 7.11 Å². The van der Waals surface area contributed by atoms with Crippen molar-refractivity contribution < 1.29 is 28.9 Å². The zero-order valence-electron chi connectivity index (χ0n) is 16.8. The van der Waals surface area contributed by atoms with E-state index in [0.29, 0.717) is 42.0 Å². The fourth-order valence-corrected chi connectivity index (χ4v) is 4.46. The Morgan fingerprint density at radius 2 is 2.03 bits per heavy atom. The number of hydrogen-bond acceptors (Lipinski definition) is 6. The van der Waals surface area contributed by atoms with Gasteiger partial charge in [0.05, 0.1) is 35.4 Å². The summed E-state index contributed by atoms with van der Waals surface area (Å²) in [6.45, 7) is 3.79. The van der Waals surface area contributed by atoms with E-state index >= 15 is 0 Å². The molecule has 8 heteroatoms. The molecule has 0 aromatic heterocycles. The summed E-state index contributed by atoms with van der Waals surface area (Å²) >= 11 is 6.50. The number of halogens is 1. The van der Waals surface area contributed by atoms with E-state index in [2.05, 4.69) is 5.32 Å². The summed E-state index contributed by atoms with van der Waals surface area (Å²) in [5.41, 5.74) is 0.602. The Morgan fingerprint density at radius 1 is 1.34 bits per heavy atom. The minimum absolute atomic E-state index is 0.0896. The number of aryl methyl sites for hydroxylation is 1. The van der Waals surface area contributed by atoms with Gasteiger partial charge >= 0.3 is 6.16 Å². The van der Waals surface area contributed by atoms with Crippen LogP contribution >= 0.6 is 11.6 Å². The van der Waals surface area contributed by atoms with Gasteiger partial charge in [0.25, 0.3) is 5.91 Å². The lowest BCUT2D eigenvalue weighted by molar-refractivity contribution is -0.116. The van der Waals surface area contributed by atoms with E-state index < -0.39 is 11.7 Å². The first-order chi connectivity index (χ1) is 13.8. The van der Waals surface area contributed by atoms with Crippen molar-refractivity contribution in [1.82, 2.24) is 5.32 Å². The Hall–Kier alpha value is -2.25. The molecule has 1 aromatic carbocycles. The summed E-state index contributed by atoms with van der Waals surface area (Å²) in [4.78, 5) is 25.3. The predicted octanol–water partition coefficient (Wildman–Crippen LogP) is 3.59. The van der Waals surface area contributed by atoms with Crippen molar-refractivity contribution in [3.8, 4) is 5.75 Å². The van der Waals surface area contributed by atoms with Gasteiger partial charge in [-0.3, -0.25) is 4.79 Å². The first-order valence-corrected chi connectivity index (χ1v) is 10.1. The molecule has 1 heterocycles. The van der Waals surface area contributed by atoms with Crippen molar-refractivity contribution in [2.24, 2.45) is 5.92 Å². The maximum atomic E-state index is 13.1. The summed E-state index contributed by atoms with van der Waals surface area (Å²) in [5.74, 6) is 0.409. The molecule has 158 valence electrons. The van der Waals surface area contributed by atoms with Gasteiger partial charge in [-0.05, 0) is 63.1 Å². The second-order valence-electron chi connectivity index (χ2n) is 7.48. The van der Waals surface area contributed by atoms with Crippen molar-refractivity contribution in [1.29, 1.82) is 0 Å². The van der Waals surface area contributed by atoms with E-state index in [-0.39, 0.29) is 36.4 Å². The maximum absolute atomic E-state index is 13.1. The highest BCUT2D eigenvalue weighted by Crippen LogP contribution is 2.47. The zero-order valence-corrected chi connectivity index (χ0v) is 17.6. The summed E-state index contributed by atoms with van der Waals surface area (Å²) in [7, 11) is 1.50. The highest BCUT2D eigenvalue weighted by atomic mass is 35.5. The number of nitrogens with one attached hydrogen (secondary N) is 1. The number of methoxy groups -OCH3 is 1. The van der Waals surface area contributed by atoms with Gasteiger partial charge in [0.1, 0.15) is 5.75 Å². The molecule has 2 aliphatic rings. The van der Waals surface area contributed by atoms with Gasteiger partial charge < -0.3 is 24.6 Å². The van der Waals surface area contributed by atoms with Crippen LogP contribution in [0, 0.1) is 12.8 Å². The van der Waals surface area contributed by atoms with Gasteiger partial charge in [0.2, 0.25) is 0 Å². The molecule has 3 rings (SSSR count). The molecule has 1 aromatic rings. The molecule has 1 spiro atoms. The van der Waals surface area contributed by atoms with E-state index in [1.807, 2.05) is 6.92 Å². The number of amides is 1. The van der Waals surface area contributed by atoms with Crippen LogP contribution in [0.2, 0.25) is 5.02 Å². The molecule has 0 atom stereocenters. The number of hydrogen-bond donors (Lipinski definition) is 2. The summed E-state index contributed by atoms with van der Waals surface area (Å²) in [5, 5.41) is 12.8. The number of aliphatic hydroxyl groups is 1. The van der Waals surface area contributed by atoms with E-state index in [9.17, 15) is 14.7 Å². The van der Waals surface area contributed by atoms with Crippen LogP contribution in [0.15, 0.2) is 17.9 Å². The second-order valence-corrected chi connectivity index (χ2v) is 7.88. The van der Waals surface area contributed by atoms with Crippen LogP contribution < -0.4 is 10.1 Å². The Kier molecular flexibility index (Phi) is 6.39. The summed E-state index contributed by atoms with van der Waals surface area (Å²) in [6.07, 6.45) is 1.58. The van der Waals surface area contributed by atoms with Crippen LogP contribution in [-0.4, -0.2) is 43.0 Å². The van der Waals surface area contributed by atoms with Crippen molar-refractivity contribution in [2.75, 3.05) is 20.3 Å². The minimum atomic E-state index is -0.873. The molecule has 29 heavy (non-hydrogen) atoms. The second kappa shape index (κ2) is 8.63. The lowest BCUT2D eigenvalue weighted by Gasteiger charge is -2.37. The molecule has 0 bridgehead atoms. The van der Waals surface area contributed by atoms with E-state index in [4.69, 9.17) is 25.8 Å². The van der Waals surface area contributed by atoms with Crippen molar-refractivity contribution in [3.05, 3.63) is 34.0 Å². The van der Waals surface area contributed by atoms with Crippen LogP contribution in [0.3, 0.4) is 0 Å². The fourth-order valence-electron chi connectivity index (χ4n) is 4.10. The SMILES string of the molecule is CCOC(=O)OC1=C(c2c(Cl)cc(C)cc2OC)C(=O)NC12CCC(CO)CC2. The molecule has 1 aliphatic heterocycles. The first-order valence-electron chi connectivity index (χ1n) is 9.72. The number of aliphatic hydroxyl groups excluding tert-OH is 1. The monoisotopic (exact) mass is 423 g/mol. The molecule has 1 amide bonds. The highest BCUT2D eigenvalue weighted by molar-refractivity contribution is 6.36. The van der Waals surface area contributed by atoms with Crippen LogP contribution in [0.4, 0.5) is 4.79 Å². The Labute approximate surface area is 175 Å². The fraction of sp³-hybridized carbons (Fsp3) is 0.524. The molecular formula is C21H26ClNO6. The molecule has 0 radical (unpaired) electrons. The van der Waals surface area contributed by atoms with Gasteiger partial charge in [-0.15, -0.1) is 0 Å². The van der Waals surface area contributed by atoms with Gasteiger partial charge in [-0.25, -0.2) is 4.79 Å². The summed E-state index contributed by atoms with van der Waals surface area (Å²) < 4.78 is 16.0. The van der Waals surface area contributed by atoms with Gasteiger partial charge in [-0.2, -0.15) is 0 Å². The van der Waals surface area contributed by atoms with E-state index in [1.54, 1.807) is 19.1 Å². The lowest BCUT2D eigenvalue weighted by Crippen LogP contribution is -2.48. The van der Waals surface area contributed by atoms with E-state index in [0.717, 1.165) is 5.56 Å². The highest BCUT2D eigenvalue weighted by Gasteiger charge is 2.50. The molecule has 1 fully saturated rings. The Bertz CT molecular complexity index is 842. The molecule has 0 saturated heterocycles. The molecular weight excluding hydrogens is 398 g/mol. The predicted molar refractivity (Wildman–Crippen MR) is 108 cm³/mol. The quantitative estimate of drug-likeness (QED) is 0.703. The normalized spacial score (nSPS) is 23.9. The standard InChI is InChI=1S/C21H26ClNO6/c1-4-28-20(26)29-18-17(16-14(22)9-12(2)10-15(16)27-3)19(25)23-21(18)7-5-13(11-24)6-8-21/h9-10,13,24H,4-8,11H2,1-3H3,(H,23,25). The third kappa shape index (κ3) is 4.07. The molecule has 2 N–H and O–H groups in total. The molecule has 7 nitrogen and oxygen atoms in total. The average molecular weight is 424 g/mol. The van der Waals surface area contributed by atoms with Gasteiger partial charge in [0.15, 0.2) is 5.76 Å². The maximum Gasteiger partial charge on any atom is 0.513 e. The topological polar surface area (TPSA) is 94.1 Å². The van der Waals surface area contributed by atoms with Crippen molar-refractivity contribution in [3.63, 3.8) is 0 Å². The third-order valence-corrected chi connectivity index (χ3v) is 5.87. The Morgan fingerprint density at radius 3 is 2.62 bits per heavy atom. The zero-order chi connectivity index (χ0) is 21.2. The van der Waals surface area contributed by atoms with Crippen LogP contribution in [0.5, 0.6) is 5.75 Å². The molecule has 1 saturated carbocycles. The third-order valence-electron chi connectivity index (χ3n) is 5.57. The number of rotatable bonds is 5. The van der Waals surface area contributed by atoms with Crippen LogP contribution in [0.1, 0.15) is 43.7 Å². The average Bonchev–Trinajstić information content (AvgIpc) is 2.93. The minimum Gasteiger partial charge on any atom is -0.496 e. The number of benzene rings is 1. The van der Waals surface area contributed by atoms with Gasteiger partial charge in [-0.1, -0.05) is 11.6 Å². The summed E-state index contributed by atoms with van der Waals surface area (Å²) in [6, 6.07) is 3.51. The molecule has 0 unspecified atom stereocenters. The Balaban J connectivity index is 2.15. The lowest BCUT2D eigenvalue weighted by atomic mass is 9.76. The molecule has 1 aliphatic carbocycles. The van der Waals surface area contributed by atoms with Gasteiger partial charge in [0, 0.05) is 6.61 Å². The largest absolute Gasteiger partial charge is 0.513 e. The number of carbonyl (C=O) groups excluding carboxylic acids is 2. The van der Waals surface area contributed by atoms with Crippen molar-refractivity contribution in [2.45, 2.75) is 45.1 Å². The first kappa shape index (κ1) is 21.5. The number of ether oxygens (including phenoxy) is 3. The van der Waals surface area contributed by atoms with Crippen molar-refractivity contribution >= 4 is 29.2 Å².